The number of carbonyl (C=O) groups excluding carboxylic acids is 1. The maximum Gasteiger partial charge on any atom is 0.256 e. The van der Waals surface area contributed by atoms with Gasteiger partial charge in [0.15, 0.2) is 23.2 Å². The lowest BCUT2D eigenvalue weighted by atomic mass is 10.1. The largest absolute Gasteiger partial charge is 0.394 e. The number of nitrogens with one attached hydrogen (secondary N) is 1. The number of nitrogens with zero attached hydrogens (tertiary/aromatic N) is 7. The first kappa shape index (κ1) is 21.6. The molecule has 14 nitrogen and oxygen atoms in total. The van der Waals surface area contributed by atoms with Crippen LogP contribution in [0.5, 0.6) is 0 Å². The average Bonchev–Trinajstić information content (AvgIpc) is 3.57. The number of imidazole rings is 1. The number of aromatic nitrogens is 7. The van der Waals surface area contributed by atoms with Crippen molar-refractivity contribution in [3.05, 3.63) is 18.2 Å². The highest BCUT2D eigenvalue weighted by Gasteiger charge is 2.44. The minimum absolute atomic E-state index is 0.0735. The Morgan fingerprint density at radius 1 is 1.24 bits per heavy atom. The molecule has 0 bridgehead atoms. The molecule has 1 saturated heterocycles. The van der Waals surface area contributed by atoms with E-state index in [4.69, 9.17) is 10.5 Å². The van der Waals surface area contributed by atoms with Crippen LogP contribution in [-0.2, 0) is 16.0 Å². The zero-order valence-electron chi connectivity index (χ0n) is 17.7. The van der Waals surface area contributed by atoms with Gasteiger partial charge in [-0.2, -0.15) is 14.6 Å². The number of aliphatic hydroxyl groups is 3. The first-order valence-electron chi connectivity index (χ1n) is 10.8. The van der Waals surface area contributed by atoms with E-state index in [0.717, 1.165) is 25.7 Å². The Hall–Kier alpha value is -3.20. The van der Waals surface area contributed by atoms with Gasteiger partial charge in [-0.05, 0) is 12.8 Å². The zero-order valence-corrected chi connectivity index (χ0v) is 17.7. The van der Waals surface area contributed by atoms with Gasteiger partial charge >= 0.3 is 0 Å². The molecule has 6 N–H and O–H groups in total. The zero-order chi connectivity index (χ0) is 23.1. The number of aliphatic hydroxyl groups excluding tert-OH is 3. The number of primary amides is 1. The van der Waals surface area contributed by atoms with Crippen molar-refractivity contribution in [1.29, 1.82) is 0 Å². The number of rotatable bonds is 7. The van der Waals surface area contributed by atoms with Gasteiger partial charge in [0.1, 0.15) is 18.3 Å². The fraction of sp³-hybridized carbons (Fsp3) is 0.579. The molecule has 0 spiro atoms. The lowest BCUT2D eigenvalue weighted by molar-refractivity contribution is -0.117. The molecule has 1 aliphatic carbocycles. The summed E-state index contributed by atoms with van der Waals surface area (Å²) in [6, 6.07) is 0.233. The monoisotopic (exact) mass is 459 g/mol. The van der Waals surface area contributed by atoms with E-state index in [9.17, 15) is 20.1 Å². The van der Waals surface area contributed by atoms with E-state index in [-0.39, 0.29) is 18.4 Å². The molecule has 2 fully saturated rings. The van der Waals surface area contributed by atoms with Crippen LogP contribution in [0.4, 0.5) is 5.82 Å². The van der Waals surface area contributed by atoms with Crippen LogP contribution in [0.2, 0.25) is 0 Å². The highest BCUT2D eigenvalue weighted by atomic mass is 16.6. The highest BCUT2D eigenvalue weighted by molar-refractivity contribution is 5.84. The van der Waals surface area contributed by atoms with Gasteiger partial charge in [-0.1, -0.05) is 18.1 Å². The summed E-state index contributed by atoms with van der Waals surface area (Å²) in [5.41, 5.74) is 6.40. The summed E-state index contributed by atoms with van der Waals surface area (Å²) in [5, 5.41) is 41.5. The summed E-state index contributed by atoms with van der Waals surface area (Å²) in [6.45, 7) is -0.447. The first-order chi connectivity index (χ1) is 15.9. The van der Waals surface area contributed by atoms with Gasteiger partial charge in [0.05, 0.1) is 31.2 Å². The number of nitrogens with two attached hydrogens (primary N) is 1. The number of hydrogen-bond donors (Lipinski definition) is 5. The molecule has 3 aromatic rings. The number of ether oxygens (including phenoxy) is 1. The number of anilines is 1. The fourth-order valence-electron chi connectivity index (χ4n) is 4.32. The summed E-state index contributed by atoms with van der Waals surface area (Å²) in [6.07, 6.45) is 2.63. The van der Waals surface area contributed by atoms with Crippen molar-refractivity contribution in [3.63, 3.8) is 0 Å². The molecular formula is C19H25N9O5. The van der Waals surface area contributed by atoms with Crippen LogP contribution in [0.25, 0.3) is 17.1 Å². The van der Waals surface area contributed by atoms with Gasteiger partial charge in [0.25, 0.3) is 5.95 Å². The van der Waals surface area contributed by atoms with E-state index in [1.165, 1.54) is 21.8 Å². The molecule has 4 heterocycles. The van der Waals surface area contributed by atoms with Crippen molar-refractivity contribution < 1.29 is 24.9 Å². The number of amides is 1. The molecule has 4 atom stereocenters. The van der Waals surface area contributed by atoms with Crippen LogP contribution in [-0.4, -0.2) is 86.7 Å². The molecule has 1 aliphatic heterocycles. The third-order valence-corrected chi connectivity index (χ3v) is 6.00. The Morgan fingerprint density at radius 2 is 2.03 bits per heavy atom. The summed E-state index contributed by atoms with van der Waals surface area (Å²) >= 11 is 0. The maximum atomic E-state index is 11.2. The van der Waals surface area contributed by atoms with Crippen molar-refractivity contribution in [1.82, 2.24) is 34.5 Å². The number of hydrogen-bond acceptors (Lipinski definition) is 11. The van der Waals surface area contributed by atoms with E-state index in [1.807, 2.05) is 0 Å². The summed E-state index contributed by atoms with van der Waals surface area (Å²) in [7, 11) is 0. The van der Waals surface area contributed by atoms with Crippen molar-refractivity contribution in [2.24, 2.45) is 5.73 Å². The Bertz CT molecular complexity index is 1160. The van der Waals surface area contributed by atoms with Gasteiger partial charge in [-0.3, -0.25) is 9.36 Å². The topological polar surface area (TPSA) is 199 Å². The van der Waals surface area contributed by atoms with Crippen LogP contribution in [0.1, 0.15) is 37.6 Å². The predicted molar refractivity (Wildman–Crippen MR) is 112 cm³/mol. The Morgan fingerprint density at radius 3 is 2.73 bits per heavy atom. The van der Waals surface area contributed by atoms with Crippen molar-refractivity contribution in [3.8, 4) is 5.95 Å². The van der Waals surface area contributed by atoms with Crippen LogP contribution in [0.3, 0.4) is 0 Å². The number of fused-ring (bicyclic) bond motifs is 1. The smallest absolute Gasteiger partial charge is 0.256 e. The van der Waals surface area contributed by atoms with E-state index < -0.39 is 37.1 Å². The Kier molecular flexibility index (Phi) is 5.65. The van der Waals surface area contributed by atoms with Crippen LogP contribution in [0.15, 0.2) is 12.5 Å². The Labute approximate surface area is 187 Å². The lowest BCUT2D eigenvalue weighted by Gasteiger charge is -2.17. The van der Waals surface area contributed by atoms with Crippen molar-refractivity contribution in [2.45, 2.75) is 62.7 Å². The number of carbonyl (C=O) groups is 1. The normalized spacial score (nSPS) is 25.8. The second-order valence-corrected chi connectivity index (χ2v) is 8.35. The van der Waals surface area contributed by atoms with E-state index in [2.05, 4.69) is 30.6 Å². The van der Waals surface area contributed by atoms with Crippen LogP contribution >= 0.6 is 0 Å². The van der Waals surface area contributed by atoms with E-state index >= 15 is 0 Å². The van der Waals surface area contributed by atoms with Gasteiger partial charge in [0.2, 0.25) is 5.91 Å². The first-order valence-corrected chi connectivity index (χ1v) is 10.8. The minimum Gasteiger partial charge on any atom is -0.394 e. The molecule has 1 saturated carbocycles. The second kappa shape index (κ2) is 8.62. The second-order valence-electron chi connectivity index (χ2n) is 8.35. The summed E-state index contributed by atoms with van der Waals surface area (Å²) in [5.74, 6) is 0.114. The highest BCUT2D eigenvalue weighted by Crippen LogP contribution is 2.33. The SMILES string of the molecule is NC(=O)Cc1cn(-c2nc(NC3CCCC3)c3ncn(C4O[C@H](CO)[C@@H](O)[C@@H]4O)c3n2)nn1. The molecule has 5 rings (SSSR count). The quantitative estimate of drug-likeness (QED) is 0.272. The maximum absolute atomic E-state index is 11.2. The molecule has 1 unspecified atom stereocenters. The fourth-order valence-corrected chi connectivity index (χ4v) is 4.32. The van der Waals surface area contributed by atoms with Crippen molar-refractivity contribution >= 4 is 22.9 Å². The summed E-state index contributed by atoms with van der Waals surface area (Å²) in [4.78, 5) is 24.8. The van der Waals surface area contributed by atoms with E-state index in [1.54, 1.807) is 0 Å². The molecule has 0 radical (unpaired) electrons. The van der Waals surface area contributed by atoms with Crippen LogP contribution < -0.4 is 11.1 Å². The molecule has 3 aromatic heterocycles. The Balaban J connectivity index is 1.58. The molecule has 33 heavy (non-hydrogen) atoms. The van der Waals surface area contributed by atoms with E-state index in [0.29, 0.717) is 22.7 Å². The minimum atomic E-state index is -1.29. The van der Waals surface area contributed by atoms with Gasteiger partial charge in [0, 0.05) is 6.04 Å². The summed E-state index contributed by atoms with van der Waals surface area (Å²) < 4.78 is 8.48. The average molecular weight is 459 g/mol. The van der Waals surface area contributed by atoms with Gasteiger partial charge in [-0.15, -0.1) is 5.10 Å². The van der Waals surface area contributed by atoms with Gasteiger partial charge in [-0.25, -0.2) is 4.98 Å². The third kappa shape index (κ3) is 4.01. The molecule has 2 aliphatic rings. The molecule has 1 amide bonds. The molecular weight excluding hydrogens is 434 g/mol. The predicted octanol–water partition coefficient (Wildman–Crippen LogP) is -1.60. The molecule has 0 aromatic carbocycles. The standard InChI is InChI=1S/C19H25N9O5/c20-12(30)5-10-6-28(26-25-10)19-23-16(22-9-3-1-2-4-9)13-17(24-19)27(8-21-13)18-15(32)14(31)11(7-29)33-18/h6,8-9,11,14-15,18,29,31-32H,1-5,7H2,(H2,20,30)(H,22,23,24)/t11-,14-,15+,18?/m1/s1. The van der Waals surface area contributed by atoms with Crippen molar-refractivity contribution in [2.75, 3.05) is 11.9 Å². The third-order valence-electron chi connectivity index (χ3n) is 6.00. The van der Waals surface area contributed by atoms with Gasteiger partial charge < -0.3 is 31.1 Å². The molecule has 14 heteroatoms. The lowest BCUT2D eigenvalue weighted by Crippen LogP contribution is -2.33. The van der Waals surface area contributed by atoms with Crippen LogP contribution in [0, 0.1) is 0 Å². The molecule has 176 valence electrons.